The molecule has 3 heteroatoms. The molecule has 2 heterocycles. The minimum Gasteiger partial charge on any atom is -0.492 e. The fraction of sp³-hybridized carbons (Fsp3) is 0.538. The highest BCUT2D eigenvalue weighted by atomic mass is 79.9. The standard InChI is InChI=1S/C13H16BrNO/c14-12-7-10(5-9-1-3-15-8-9)6-11-2-4-16-13(11)12/h6-7,9,15H,1-5,8H2. The van der Waals surface area contributed by atoms with Gasteiger partial charge in [0, 0.05) is 6.42 Å². The van der Waals surface area contributed by atoms with E-state index in [0.717, 1.165) is 29.2 Å². The van der Waals surface area contributed by atoms with Gasteiger partial charge in [0.1, 0.15) is 5.75 Å². The maximum Gasteiger partial charge on any atom is 0.136 e. The third kappa shape index (κ3) is 1.98. The van der Waals surface area contributed by atoms with E-state index in [-0.39, 0.29) is 0 Å². The number of nitrogens with one attached hydrogen (secondary N) is 1. The van der Waals surface area contributed by atoms with Gasteiger partial charge >= 0.3 is 0 Å². The predicted molar refractivity (Wildman–Crippen MR) is 68.0 cm³/mol. The summed E-state index contributed by atoms with van der Waals surface area (Å²) < 4.78 is 6.72. The van der Waals surface area contributed by atoms with Crippen LogP contribution in [0, 0.1) is 5.92 Å². The largest absolute Gasteiger partial charge is 0.492 e. The highest BCUT2D eigenvalue weighted by Crippen LogP contribution is 2.35. The maximum atomic E-state index is 5.59. The summed E-state index contributed by atoms with van der Waals surface area (Å²) in [5.74, 6) is 1.88. The summed E-state index contributed by atoms with van der Waals surface area (Å²) >= 11 is 3.61. The molecule has 1 saturated heterocycles. The molecule has 16 heavy (non-hydrogen) atoms. The molecule has 0 amide bonds. The summed E-state index contributed by atoms with van der Waals surface area (Å²) in [5.41, 5.74) is 2.82. The van der Waals surface area contributed by atoms with Gasteiger partial charge in [-0.25, -0.2) is 0 Å². The summed E-state index contributed by atoms with van der Waals surface area (Å²) in [5, 5.41) is 3.42. The van der Waals surface area contributed by atoms with E-state index >= 15 is 0 Å². The molecule has 0 spiro atoms. The first-order chi connectivity index (χ1) is 7.83. The Morgan fingerprint density at radius 1 is 1.44 bits per heavy atom. The smallest absolute Gasteiger partial charge is 0.136 e. The van der Waals surface area contributed by atoms with Crippen molar-refractivity contribution in [3.8, 4) is 5.75 Å². The number of ether oxygens (including phenoxy) is 1. The summed E-state index contributed by atoms with van der Waals surface area (Å²) in [4.78, 5) is 0. The van der Waals surface area contributed by atoms with Crippen LogP contribution in [0.1, 0.15) is 17.5 Å². The van der Waals surface area contributed by atoms with E-state index in [1.165, 1.54) is 37.1 Å². The van der Waals surface area contributed by atoms with Gasteiger partial charge in [-0.15, -0.1) is 0 Å². The molecule has 2 nitrogen and oxygen atoms in total. The van der Waals surface area contributed by atoms with Crippen LogP contribution in [0.5, 0.6) is 5.75 Å². The zero-order valence-electron chi connectivity index (χ0n) is 9.26. The first kappa shape index (κ1) is 10.6. The van der Waals surface area contributed by atoms with E-state index in [2.05, 4.69) is 33.4 Å². The Bertz CT molecular complexity index is 399. The highest BCUT2D eigenvalue weighted by Gasteiger charge is 2.19. The lowest BCUT2D eigenvalue weighted by Gasteiger charge is -2.10. The monoisotopic (exact) mass is 281 g/mol. The van der Waals surface area contributed by atoms with Gasteiger partial charge in [-0.2, -0.15) is 0 Å². The molecule has 1 N–H and O–H groups in total. The first-order valence-electron chi connectivity index (χ1n) is 5.98. The van der Waals surface area contributed by atoms with Gasteiger partial charge in [-0.3, -0.25) is 0 Å². The Labute approximate surface area is 105 Å². The average molecular weight is 282 g/mol. The van der Waals surface area contributed by atoms with Crippen LogP contribution in [-0.2, 0) is 12.8 Å². The third-order valence-corrected chi connectivity index (χ3v) is 4.07. The van der Waals surface area contributed by atoms with Gasteiger partial charge < -0.3 is 10.1 Å². The molecule has 0 bridgehead atoms. The minimum atomic E-state index is 0.812. The molecule has 0 radical (unpaired) electrons. The van der Waals surface area contributed by atoms with E-state index in [4.69, 9.17) is 4.74 Å². The summed E-state index contributed by atoms with van der Waals surface area (Å²) in [7, 11) is 0. The van der Waals surface area contributed by atoms with Gasteiger partial charge in [0.25, 0.3) is 0 Å². The molecule has 1 aromatic rings. The Hall–Kier alpha value is -0.540. The molecular formula is C13H16BrNO. The van der Waals surface area contributed by atoms with Crippen molar-refractivity contribution in [3.63, 3.8) is 0 Å². The second-order valence-corrected chi connectivity index (χ2v) is 5.58. The molecule has 0 aliphatic carbocycles. The fourth-order valence-corrected chi connectivity index (χ4v) is 3.33. The van der Waals surface area contributed by atoms with E-state index in [1.807, 2.05) is 0 Å². The lowest BCUT2D eigenvalue weighted by Crippen LogP contribution is -2.10. The minimum absolute atomic E-state index is 0.812. The van der Waals surface area contributed by atoms with Gasteiger partial charge in [-0.1, -0.05) is 6.07 Å². The Morgan fingerprint density at radius 3 is 3.19 bits per heavy atom. The molecule has 2 aliphatic rings. The SMILES string of the molecule is Brc1cc(CC2CCNC2)cc2c1OCC2. The molecule has 0 saturated carbocycles. The van der Waals surface area contributed by atoms with E-state index in [9.17, 15) is 0 Å². The van der Waals surface area contributed by atoms with Gasteiger partial charge in [0.2, 0.25) is 0 Å². The van der Waals surface area contributed by atoms with Crippen LogP contribution in [0.3, 0.4) is 0 Å². The molecule has 86 valence electrons. The van der Waals surface area contributed by atoms with Crippen molar-refractivity contribution in [3.05, 3.63) is 27.7 Å². The van der Waals surface area contributed by atoms with Crippen LogP contribution in [0.4, 0.5) is 0 Å². The van der Waals surface area contributed by atoms with E-state index < -0.39 is 0 Å². The Kier molecular flexibility index (Phi) is 2.90. The van der Waals surface area contributed by atoms with Crippen LogP contribution in [0.25, 0.3) is 0 Å². The summed E-state index contributed by atoms with van der Waals surface area (Å²) in [6.45, 7) is 3.19. The van der Waals surface area contributed by atoms with Crippen LogP contribution in [-0.4, -0.2) is 19.7 Å². The number of hydrogen-bond acceptors (Lipinski definition) is 2. The highest BCUT2D eigenvalue weighted by molar-refractivity contribution is 9.10. The summed E-state index contributed by atoms with van der Waals surface area (Å²) in [6.07, 6.45) is 3.56. The number of halogens is 1. The first-order valence-corrected chi connectivity index (χ1v) is 6.77. The lowest BCUT2D eigenvalue weighted by molar-refractivity contribution is 0.355. The Balaban J connectivity index is 1.82. The van der Waals surface area contributed by atoms with Crippen molar-refractivity contribution in [2.24, 2.45) is 5.92 Å². The van der Waals surface area contributed by atoms with Crippen molar-refractivity contribution in [1.82, 2.24) is 5.32 Å². The van der Waals surface area contributed by atoms with Gasteiger partial charge in [-0.05, 0) is 65.0 Å². The molecule has 3 rings (SSSR count). The van der Waals surface area contributed by atoms with Crippen molar-refractivity contribution >= 4 is 15.9 Å². The lowest BCUT2D eigenvalue weighted by atomic mass is 9.97. The van der Waals surface area contributed by atoms with Crippen LogP contribution >= 0.6 is 15.9 Å². The van der Waals surface area contributed by atoms with Gasteiger partial charge in [0.05, 0.1) is 11.1 Å². The zero-order chi connectivity index (χ0) is 11.0. The Morgan fingerprint density at radius 2 is 2.38 bits per heavy atom. The van der Waals surface area contributed by atoms with Crippen LogP contribution < -0.4 is 10.1 Å². The third-order valence-electron chi connectivity index (χ3n) is 3.48. The van der Waals surface area contributed by atoms with Crippen LogP contribution in [0.2, 0.25) is 0 Å². The molecule has 1 unspecified atom stereocenters. The van der Waals surface area contributed by atoms with Crippen molar-refractivity contribution in [2.75, 3.05) is 19.7 Å². The zero-order valence-corrected chi connectivity index (χ0v) is 10.8. The molecule has 1 fully saturated rings. The normalized spacial score (nSPS) is 23.2. The van der Waals surface area contributed by atoms with E-state index in [0.29, 0.717) is 0 Å². The second kappa shape index (κ2) is 4.38. The number of rotatable bonds is 2. The van der Waals surface area contributed by atoms with Crippen molar-refractivity contribution in [1.29, 1.82) is 0 Å². The van der Waals surface area contributed by atoms with Crippen molar-refractivity contribution < 1.29 is 4.74 Å². The second-order valence-electron chi connectivity index (χ2n) is 4.73. The average Bonchev–Trinajstić information content (AvgIpc) is 2.87. The fourth-order valence-electron chi connectivity index (χ4n) is 2.66. The van der Waals surface area contributed by atoms with E-state index in [1.54, 1.807) is 0 Å². The molecule has 1 aromatic carbocycles. The summed E-state index contributed by atoms with van der Waals surface area (Å²) in [6, 6.07) is 4.55. The molecule has 2 aliphatic heterocycles. The predicted octanol–water partition coefficient (Wildman–Crippen LogP) is 2.54. The van der Waals surface area contributed by atoms with Crippen molar-refractivity contribution in [2.45, 2.75) is 19.3 Å². The van der Waals surface area contributed by atoms with Crippen LogP contribution in [0.15, 0.2) is 16.6 Å². The topological polar surface area (TPSA) is 21.3 Å². The quantitative estimate of drug-likeness (QED) is 0.900. The molecular weight excluding hydrogens is 266 g/mol. The van der Waals surface area contributed by atoms with Gasteiger partial charge in [0.15, 0.2) is 0 Å². The maximum absolute atomic E-state index is 5.59. The molecule has 0 aromatic heterocycles. The number of benzene rings is 1. The molecule has 1 atom stereocenters. The number of fused-ring (bicyclic) bond motifs is 1. The number of hydrogen-bond donors (Lipinski definition) is 1.